The molecule has 1 saturated heterocycles. The van der Waals surface area contributed by atoms with Crippen LogP contribution in [0.2, 0.25) is 10.0 Å². The zero-order chi connectivity index (χ0) is 25.8. The standard InChI is InChI=1S/C29H30Cl2N4O2/c30-24-16-22(35-15-12-21(18-35)19-6-2-1-3-7-19)17-25(31)27(24)28(36)32-13-14-33-29(37)34-26-11-10-20-8-4-5-9-23(20)26/h1-9,16-17,21,26H,10-15,18H2,(H,32,36)(H2,33,34,37)/t21?,26-/m1/s1. The van der Waals surface area contributed by atoms with Gasteiger partial charge in [-0.15, -0.1) is 0 Å². The lowest BCUT2D eigenvalue weighted by Gasteiger charge is -2.21. The fraction of sp³-hybridized carbons (Fsp3) is 0.310. The first-order valence-electron chi connectivity index (χ1n) is 12.7. The van der Waals surface area contributed by atoms with Gasteiger partial charge in [0.2, 0.25) is 0 Å². The summed E-state index contributed by atoms with van der Waals surface area (Å²) in [5.41, 5.74) is 4.94. The van der Waals surface area contributed by atoms with Crippen LogP contribution < -0.4 is 20.9 Å². The van der Waals surface area contributed by atoms with Crippen molar-refractivity contribution in [1.82, 2.24) is 16.0 Å². The Morgan fingerprint density at radius 3 is 2.38 bits per heavy atom. The van der Waals surface area contributed by atoms with Crippen molar-refractivity contribution in [2.75, 3.05) is 31.1 Å². The Morgan fingerprint density at radius 2 is 1.59 bits per heavy atom. The van der Waals surface area contributed by atoms with Crippen LogP contribution in [0.3, 0.4) is 0 Å². The minimum absolute atomic E-state index is 0.0144. The summed E-state index contributed by atoms with van der Waals surface area (Å²) in [7, 11) is 0. The number of hydrogen-bond acceptors (Lipinski definition) is 3. The zero-order valence-corrected chi connectivity index (χ0v) is 22.0. The predicted octanol–water partition coefficient (Wildman–Crippen LogP) is 5.70. The molecule has 1 fully saturated rings. The largest absolute Gasteiger partial charge is 0.371 e. The number of hydrogen-bond donors (Lipinski definition) is 3. The van der Waals surface area contributed by atoms with E-state index in [1.54, 1.807) is 12.1 Å². The van der Waals surface area contributed by atoms with Gasteiger partial charge in [-0.05, 0) is 48.1 Å². The summed E-state index contributed by atoms with van der Waals surface area (Å²) in [4.78, 5) is 27.4. The molecular weight excluding hydrogens is 507 g/mol. The normalized spacial score (nSPS) is 18.4. The van der Waals surface area contributed by atoms with E-state index in [9.17, 15) is 9.59 Å². The number of urea groups is 1. The van der Waals surface area contributed by atoms with Crippen LogP contribution in [-0.4, -0.2) is 38.1 Å². The average Bonchev–Trinajstić information content (AvgIpc) is 3.55. The van der Waals surface area contributed by atoms with Crippen LogP contribution in [-0.2, 0) is 6.42 Å². The van der Waals surface area contributed by atoms with Gasteiger partial charge in [-0.2, -0.15) is 0 Å². The summed E-state index contributed by atoms with van der Waals surface area (Å²) in [6.07, 6.45) is 2.90. The summed E-state index contributed by atoms with van der Waals surface area (Å²) in [5, 5.41) is 9.24. The van der Waals surface area contributed by atoms with Crippen molar-refractivity contribution in [2.24, 2.45) is 0 Å². The third-order valence-corrected chi connectivity index (χ3v) is 7.81. The van der Waals surface area contributed by atoms with Gasteiger partial charge in [-0.1, -0.05) is 77.8 Å². The maximum Gasteiger partial charge on any atom is 0.315 e. The van der Waals surface area contributed by atoms with Gasteiger partial charge in [0, 0.05) is 37.8 Å². The molecule has 1 unspecified atom stereocenters. The molecule has 0 aromatic heterocycles. The number of anilines is 1. The van der Waals surface area contributed by atoms with E-state index in [0.717, 1.165) is 38.0 Å². The molecule has 0 radical (unpaired) electrons. The minimum atomic E-state index is -0.364. The molecular formula is C29H30Cl2N4O2. The first-order chi connectivity index (χ1) is 18.0. The van der Waals surface area contributed by atoms with Gasteiger partial charge in [-0.3, -0.25) is 4.79 Å². The molecule has 192 valence electrons. The molecule has 2 aliphatic rings. The Hall–Kier alpha value is -3.22. The fourth-order valence-electron chi connectivity index (χ4n) is 5.31. The summed E-state index contributed by atoms with van der Waals surface area (Å²) in [6.45, 7) is 2.32. The molecule has 3 amide bonds. The molecule has 3 aromatic carbocycles. The molecule has 6 nitrogen and oxygen atoms in total. The lowest BCUT2D eigenvalue weighted by Crippen LogP contribution is -2.41. The second-order valence-electron chi connectivity index (χ2n) is 9.57. The SMILES string of the molecule is O=C(NCCNC(=O)c1c(Cl)cc(N2CCC(c3ccccc3)C2)cc1Cl)N[C@@H]1CCc2ccccc21. The van der Waals surface area contributed by atoms with Crippen molar-refractivity contribution in [3.63, 3.8) is 0 Å². The van der Waals surface area contributed by atoms with E-state index in [0.29, 0.717) is 16.0 Å². The fourth-order valence-corrected chi connectivity index (χ4v) is 5.96. The number of carbonyl (C=O) groups excluding carboxylic acids is 2. The summed E-state index contributed by atoms with van der Waals surface area (Å²) in [5.74, 6) is 0.0897. The lowest BCUT2D eigenvalue weighted by atomic mass is 9.99. The monoisotopic (exact) mass is 536 g/mol. The first kappa shape index (κ1) is 25.4. The van der Waals surface area contributed by atoms with Crippen LogP contribution in [0.4, 0.5) is 10.5 Å². The Morgan fingerprint density at radius 1 is 0.892 bits per heavy atom. The highest BCUT2D eigenvalue weighted by Crippen LogP contribution is 2.36. The zero-order valence-electron chi connectivity index (χ0n) is 20.5. The number of carbonyl (C=O) groups is 2. The van der Waals surface area contributed by atoms with Gasteiger partial charge in [0.1, 0.15) is 0 Å². The van der Waals surface area contributed by atoms with Gasteiger partial charge >= 0.3 is 6.03 Å². The third kappa shape index (κ3) is 5.86. The van der Waals surface area contributed by atoms with Gasteiger partial charge < -0.3 is 20.9 Å². The number of nitrogens with one attached hydrogen (secondary N) is 3. The molecule has 5 rings (SSSR count). The highest BCUT2D eigenvalue weighted by atomic mass is 35.5. The van der Waals surface area contributed by atoms with Gasteiger partial charge in [-0.25, -0.2) is 4.79 Å². The van der Waals surface area contributed by atoms with Gasteiger partial charge in [0.25, 0.3) is 5.91 Å². The van der Waals surface area contributed by atoms with Crippen LogP contribution in [0.25, 0.3) is 0 Å². The highest BCUT2D eigenvalue weighted by Gasteiger charge is 2.26. The van der Waals surface area contributed by atoms with E-state index in [1.807, 2.05) is 18.2 Å². The van der Waals surface area contributed by atoms with Crippen LogP contribution >= 0.6 is 23.2 Å². The van der Waals surface area contributed by atoms with Crippen molar-refractivity contribution in [3.05, 3.63) is 99.0 Å². The van der Waals surface area contributed by atoms with E-state index in [1.165, 1.54) is 16.7 Å². The molecule has 3 N–H and O–H groups in total. The maximum atomic E-state index is 12.8. The second kappa shape index (κ2) is 11.4. The molecule has 1 aliphatic carbocycles. The number of fused-ring (bicyclic) bond motifs is 1. The third-order valence-electron chi connectivity index (χ3n) is 7.21. The minimum Gasteiger partial charge on any atom is -0.371 e. The van der Waals surface area contributed by atoms with Gasteiger partial charge in [0.05, 0.1) is 21.7 Å². The quantitative estimate of drug-likeness (QED) is 0.339. The Kier molecular flexibility index (Phi) is 7.87. The molecule has 0 saturated carbocycles. The number of nitrogens with zero attached hydrogens (tertiary/aromatic N) is 1. The highest BCUT2D eigenvalue weighted by molar-refractivity contribution is 6.40. The predicted molar refractivity (Wildman–Crippen MR) is 149 cm³/mol. The number of aryl methyl sites for hydroxylation is 1. The molecule has 1 heterocycles. The number of halogens is 2. The van der Waals surface area contributed by atoms with Crippen LogP contribution in [0.15, 0.2) is 66.7 Å². The summed E-state index contributed by atoms with van der Waals surface area (Å²) >= 11 is 13.0. The van der Waals surface area contributed by atoms with Crippen molar-refractivity contribution in [3.8, 4) is 0 Å². The number of benzene rings is 3. The first-order valence-corrected chi connectivity index (χ1v) is 13.4. The molecule has 3 aromatic rings. The molecule has 0 bridgehead atoms. The van der Waals surface area contributed by atoms with E-state index < -0.39 is 0 Å². The lowest BCUT2D eigenvalue weighted by molar-refractivity contribution is 0.0954. The van der Waals surface area contributed by atoms with Crippen LogP contribution in [0.1, 0.15) is 51.8 Å². The second-order valence-corrected chi connectivity index (χ2v) is 10.4. The Balaban J connectivity index is 1.11. The average molecular weight is 537 g/mol. The summed E-state index contributed by atoms with van der Waals surface area (Å²) in [6, 6.07) is 22.0. The molecule has 8 heteroatoms. The van der Waals surface area contributed by atoms with Crippen molar-refractivity contribution in [2.45, 2.75) is 31.2 Å². The Bertz CT molecular complexity index is 1260. The van der Waals surface area contributed by atoms with E-state index >= 15 is 0 Å². The van der Waals surface area contributed by atoms with Crippen molar-refractivity contribution >= 4 is 40.8 Å². The molecule has 2 atom stereocenters. The number of rotatable bonds is 7. The van der Waals surface area contributed by atoms with Crippen LogP contribution in [0.5, 0.6) is 0 Å². The maximum absolute atomic E-state index is 12.8. The molecule has 37 heavy (non-hydrogen) atoms. The number of amides is 3. The van der Waals surface area contributed by atoms with Crippen molar-refractivity contribution in [1.29, 1.82) is 0 Å². The topological polar surface area (TPSA) is 73.5 Å². The van der Waals surface area contributed by atoms with Gasteiger partial charge in [0.15, 0.2) is 0 Å². The van der Waals surface area contributed by atoms with E-state index in [2.05, 4.69) is 57.2 Å². The molecule has 0 spiro atoms. The van der Waals surface area contributed by atoms with E-state index in [4.69, 9.17) is 23.2 Å². The Labute approximate surface area is 227 Å². The molecule has 1 aliphatic heterocycles. The smallest absolute Gasteiger partial charge is 0.315 e. The van der Waals surface area contributed by atoms with E-state index in [-0.39, 0.29) is 36.6 Å². The van der Waals surface area contributed by atoms with Crippen molar-refractivity contribution < 1.29 is 9.59 Å². The van der Waals surface area contributed by atoms with Crippen LogP contribution in [0, 0.1) is 0 Å². The summed E-state index contributed by atoms with van der Waals surface area (Å²) < 4.78 is 0.